The molecule has 0 radical (unpaired) electrons. The number of rotatable bonds is 4. The van der Waals surface area contributed by atoms with Gasteiger partial charge in [-0.25, -0.2) is 19.2 Å². The van der Waals surface area contributed by atoms with Crippen LogP contribution >= 0.6 is 43.5 Å². The fraction of sp³-hybridized carbons (Fsp3) is 0. The van der Waals surface area contributed by atoms with E-state index in [2.05, 4.69) is 47.0 Å². The summed E-state index contributed by atoms with van der Waals surface area (Å²) >= 11 is 12.3. The molecule has 0 aliphatic rings. The van der Waals surface area contributed by atoms with Crippen molar-refractivity contribution in [1.82, 2.24) is 4.98 Å². The first kappa shape index (κ1) is 16.5. The van der Waals surface area contributed by atoms with Crippen LogP contribution in [-0.4, -0.2) is 13.4 Å². The van der Waals surface area contributed by atoms with Crippen LogP contribution < -0.4 is 16.0 Å². The van der Waals surface area contributed by atoms with E-state index >= 15 is 0 Å². The minimum Gasteiger partial charge on any atom is -0.307 e. The highest BCUT2D eigenvalue weighted by atomic mass is 79.9. The number of nitrogens with one attached hydrogen (secondary N) is 2. The van der Waals surface area contributed by atoms with Crippen molar-refractivity contribution in [2.24, 2.45) is 5.84 Å². The highest BCUT2D eigenvalue weighted by Crippen LogP contribution is 2.28. The first-order valence-corrected chi connectivity index (χ1v) is 8.88. The van der Waals surface area contributed by atoms with E-state index in [9.17, 15) is 8.42 Å². The van der Waals surface area contributed by atoms with Gasteiger partial charge in [0.1, 0.15) is 4.90 Å². The molecule has 0 aliphatic carbocycles. The molecule has 0 saturated carbocycles. The number of hydrogen-bond acceptors (Lipinski definition) is 5. The van der Waals surface area contributed by atoms with Crippen molar-refractivity contribution in [1.29, 1.82) is 0 Å². The normalized spacial score (nSPS) is 11.2. The molecule has 4 N–H and O–H groups in total. The number of hydrazine groups is 1. The topological polar surface area (TPSA) is 97.1 Å². The number of aromatic nitrogens is 1. The molecule has 0 atom stereocenters. The lowest BCUT2D eigenvalue weighted by Gasteiger charge is -2.12. The van der Waals surface area contributed by atoms with Crippen molar-refractivity contribution in [2.45, 2.75) is 4.90 Å². The molecule has 0 fully saturated rings. The summed E-state index contributed by atoms with van der Waals surface area (Å²) in [4.78, 5) is 3.83. The minimum atomic E-state index is -3.86. The smallest absolute Gasteiger partial charge is 0.265 e. The molecular formula is C11H9Br2ClN4O2S. The molecule has 6 nitrogen and oxygen atoms in total. The number of pyridine rings is 1. The van der Waals surface area contributed by atoms with Gasteiger partial charge in [-0.3, -0.25) is 4.72 Å². The van der Waals surface area contributed by atoms with Gasteiger partial charge in [0, 0.05) is 15.1 Å². The third-order valence-corrected chi connectivity index (χ3v) is 5.46. The summed E-state index contributed by atoms with van der Waals surface area (Å²) in [5, 5.41) is 0.478. The third kappa shape index (κ3) is 3.86. The van der Waals surface area contributed by atoms with E-state index in [0.29, 0.717) is 19.7 Å². The van der Waals surface area contributed by atoms with Crippen LogP contribution in [0.5, 0.6) is 0 Å². The van der Waals surface area contributed by atoms with Crippen LogP contribution in [0.1, 0.15) is 0 Å². The molecule has 21 heavy (non-hydrogen) atoms. The van der Waals surface area contributed by atoms with Gasteiger partial charge in [-0.2, -0.15) is 0 Å². The highest BCUT2D eigenvalue weighted by Gasteiger charge is 2.20. The summed E-state index contributed by atoms with van der Waals surface area (Å²) in [5.41, 5.74) is 2.61. The SMILES string of the molecule is NNc1ncc(Br)cc1S(=O)(=O)Nc1ccc(Cl)c(Br)c1. The molecular weight excluding hydrogens is 447 g/mol. The quantitative estimate of drug-likeness (QED) is 0.484. The van der Waals surface area contributed by atoms with Crippen LogP contribution in [-0.2, 0) is 10.0 Å². The summed E-state index contributed by atoms with van der Waals surface area (Å²) in [7, 11) is -3.86. The molecule has 0 bridgehead atoms. The van der Waals surface area contributed by atoms with Crippen LogP contribution in [0, 0.1) is 0 Å². The standard InChI is InChI=1S/C11H9Br2ClN4O2S/c12-6-3-10(11(17-15)16-5-6)21(19,20)18-7-1-2-9(14)8(13)4-7/h1-5,18H,15H2,(H,16,17). The maximum atomic E-state index is 12.4. The lowest BCUT2D eigenvalue weighted by atomic mass is 10.3. The Morgan fingerprint density at radius 2 is 1.95 bits per heavy atom. The lowest BCUT2D eigenvalue weighted by molar-refractivity contribution is 0.601. The molecule has 1 aromatic carbocycles. The highest BCUT2D eigenvalue weighted by molar-refractivity contribution is 9.10. The number of benzene rings is 1. The second-order valence-corrected chi connectivity index (χ2v) is 7.71. The molecule has 0 spiro atoms. The Labute approximate surface area is 143 Å². The van der Waals surface area contributed by atoms with Crippen molar-refractivity contribution in [3.05, 3.63) is 44.4 Å². The average Bonchev–Trinajstić information content (AvgIpc) is 2.42. The van der Waals surface area contributed by atoms with Gasteiger partial charge in [0.25, 0.3) is 10.0 Å². The van der Waals surface area contributed by atoms with E-state index in [-0.39, 0.29) is 10.7 Å². The Balaban J connectivity index is 2.42. The molecule has 2 aromatic rings. The first-order valence-electron chi connectivity index (χ1n) is 5.43. The van der Waals surface area contributed by atoms with Crippen molar-refractivity contribution in [2.75, 3.05) is 10.1 Å². The van der Waals surface area contributed by atoms with Gasteiger partial charge in [0.05, 0.1) is 10.7 Å². The third-order valence-electron chi connectivity index (χ3n) is 2.42. The maximum absolute atomic E-state index is 12.4. The van der Waals surface area contributed by atoms with E-state index in [4.69, 9.17) is 17.4 Å². The van der Waals surface area contributed by atoms with Crippen LogP contribution in [0.2, 0.25) is 5.02 Å². The molecule has 0 saturated heterocycles. The summed E-state index contributed by atoms with van der Waals surface area (Å²) in [5.74, 6) is 5.33. The largest absolute Gasteiger partial charge is 0.307 e. The van der Waals surface area contributed by atoms with Crippen LogP contribution in [0.25, 0.3) is 0 Å². The molecule has 0 aliphatic heterocycles. The summed E-state index contributed by atoms with van der Waals surface area (Å²) in [6.07, 6.45) is 1.44. The van der Waals surface area contributed by atoms with E-state index in [1.54, 1.807) is 18.2 Å². The summed E-state index contributed by atoms with van der Waals surface area (Å²) < 4.78 is 28.4. The van der Waals surface area contributed by atoms with Crippen molar-refractivity contribution in [3.8, 4) is 0 Å². The van der Waals surface area contributed by atoms with Crippen LogP contribution in [0.3, 0.4) is 0 Å². The van der Waals surface area contributed by atoms with Crippen molar-refractivity contribution < 1.29 is 8.42 Å². The average molecular weight is 457 g/mol. The Kier molecular flexibility index (Phi) is 5.10. The Bertz CT molecular complexity index is 786. The fourth-order valence-electron chi connectivity index (χ4n) is 1.50. The zero-order valence-corrected chi connectivity index (χ0v) is 15.0. The van der Waals surface area contributed by atoms with Crippen molar-refractivity contribution >= 4 is 65.0 Å². The summed E-state index contributed by atoms with van der Waals surface area (Å²) in [6.45, 7) is 0. The van der Waals surface area contributed by atoms with Gasteiger partial charge in [0.2, 0.25) is 0 Å². The van der Waals surface area contributed by atoms with Gasteiger partial charge >= 0.3 is 0 Å². The molecule has 1 aromatic heterocycles. The van der Waals surface area contributed by atoms with Gasteiger partial charge in [0.15, 0.2) is 5.82 Å². The van der Waals surface area contributed by atoms with E-state index < -0.39 is 10.0 Å². The number of nitrogen functional groups attached to an aromatic ring is 1. The second-order valence-electron chi connectivity index (χ2n) is 3.88. The first-order chi connectivity index (χ1) is 9.83. The van der Waals surface area contributed by atoms with Gasteiger partial charge < -0.3 is 5.43 Å². The molecule has 112 valence electrons. The number of halogens is 3. The van der Waals surface area contributed by atoms with Crippen LogP contribution in [0.4, 0.5) is 11.5 Å². The van der Waals surface area contributed by atoms with Crippen LogP contribution in [0.15, 0.2) is 44.3 Å². The van der Waals surface area contributed by atoms with E-state index in [1.807, 2.05) is 0 Å². The van der Waals surface area contributed by atoms with Gasteiger partial charge in [-0.15, -0.1) is 0 Å². The Morgan fingerprint density at radius 1 is 1.24 bits per heavy atom. The second kappa shape index (κ2) is 6.49. The molecule has 0 unspecified atom stereocenters. The van der Waals surface area contributed by atoms with Gasteiger partial charge in [-0.1, -0.05) is 11.6 Å². The summed E-state index contributed by atoms with van der Waals surface area (Å²) in [6, 6.07) is 6.08. The number of sulfonamides is 1. The van der Waals surface area contributed by atoms with Gasteiger partial charge in [-0.05, 0) is 56.1 Å². The number of nitrogens with zero attached hydrogens (tertiary/aromatic N) is 1. The molecule has 10 heteroatoms. The molecule has 2 rings (SSSR count). The van der Waals surface area contributed by atoms with E-state index in [0.717, 1.165) is 0 Å². The molecule has 1 heterocycles. The lowest BCUT2D eigenvalue weighted by Crippen LogP contribution is -2.18. The predicted molar refractivity (Wildman–Crippen MR) is 89.7 cm³/mol. The predicted octanol–water partition coefficient (Wildman–Crippen LogP) is 3.35. The molecule has 0 amide bonds. The maximum Gasteiger partial charge on any atom is 0.265 e. The zero-order valence-electron chi connectivity index (χ0n) is 10.3. The van der Waals surface area contributed by atoms with Crippen molar-refractivity contribution in [3.63, 3.8) is 0 Å². The van der Waals surface area contributed by atoms with E-state index in [1.165, 1.54) is 12.3 Å². The number of anilines is 2. The number of hydrogen-bond donors (Lipinski definition) is 3. The zero-order chi connectivity index (χ0) is 15.6. The Morgan fingerprint density at radius 3 is 2.57 bits per heavy atom. The number of nitrogens with two attached hydrogens (primary N) is 1. The Hall–Kier alpha value is -0.870. The fourth-order valence-corrected chi connectivity index (χ4v) is 3.68. The monoisotopic (exact) mass is 454 g/mol. The minimum absolute atomic E-state index is 0.0405.